The van der Waals surface area contributed by atoms with Crippen molar-refractivity contribution in [3.8, 4) is 34.0 Å². The molecule has 0 aliphatic heterocycles. The predicted molar refractivity (Wildman–Crippen MR) is 196 cm³/mol. The number of hydrogen-bond acceptors (Lipinski definition) is 3. The Morgan fingerprint density at radius 2 is 1.11 bits per heavy atom. The molecular weight excluding hydrogens is 576 g/mol. The fourth-order valence-electron chi connectivity index (χ4n) is 6.44. The minimum absolute atomic E-state index is 0.0187. The Labute approximate surface area is 277 Å². The van der Waals surface area contributed by atoms with E-state index in [0.717, 1.165) is 67.2 Å². The maximum absolute atomic E-state index is 11.1. The minimum atomic E-state index is -0.138. The molecule has 3 heterocycles. The largest absolute Gasteiger partial charge is 0.507 e. The molecule has 238 valence electrons. The smallest absolute Gasteiger partial charge is 0.220 e. The van der Waals surface area contributed by atoms with Gasteiger partial charge in [0.25, 0.3) is 0 Å². The molecule has 0 aliphatic rings. The van der Waals surface area contributed by atoms with Gasteiger partial charge in [-0.1, -0.05) is 105 Å². The van der Waals surface area contributed by atoms with Crippen molar-refractivity contribution in [2.45, 2.75) is 78.6 Å². The van der Waals surface area contributed by atoms with E-state index in [9.17, 15) is 5.11 Å². The Bertz CT molecular complexity index is 2320. The van der Waals surface area contributed by atoms with Gasteiger partial charge >= 0.3 is 0 Å². The molecule has 0 unspecified atom stereocenters. The highest BCUT2D eigenvalue weighted by atomic mass is 16.3. The van der Waals surface area contributed by atoms with Crippen LogP contribution < -0.4 is 0 Å². The number of nitrogens with zero attached hydrogens (tertiary/aromatic N) is 4. The molecular formula is C42H44N4O. The highest BCUT2D eigenvalue weighted by Crippen LogP contribution is 2.39. The van der Waals surface area contributed by atoms with Crippen LogP contribution in [0.1, 0.15) is 79.0 Å². The highest BCUT2D eigenvalue weighted by molar-refractivity contribution is 5.98. The summed E-state index contributed by atoms with van der Waals surface area (Å²) in [6.07, 6.45) is 0. The SMILES string of the molecule is CC(C)(C)c1cccc(-n2c3ccccc3n3c4cccc(-c5cc(C(C)(C)C)cc(-c6cc(C(C)(C)C)ccc6O)n5)c4nc23)c1. The molecule has 0 spiro atoms. The molecule has 1 N–H and O–H groups in total. The van der Waals surface area contributed by atoms with Crippen LogP contribution in [-0.4, -0.2) is 24.0 Å². The Balaban J connectivity index is 1.51. The van der Waals surface area contributed by atoms with E-state index in [1.165, 1.54) is 5.56 Å². The molecule has 0 radical (unpaired) electrons. The predicted octanol–water partition coefficient (Wildman–Crippen LogP) is 10.8. The quantitative estimate of drug-likeness (QED) is 0.214. The zero-order valence-corrected chi connectivity index (χ0v) is 29.0. The lowest BCUT2D eigenvalue weighted by Crippen LogP contribution is -2.13. The van der Waals surface area contributed by atoms with Crippen molar-refractivity contribution in [2.75, 3.05) is 0 Å². The summed E-state index contributed by atoms with van der Waals surface area (Å²) in [5.74, 6) is 1.09. The summed E-state index contributed by atoms with van der Waals surface area (Å²) in [5.41, 5.74) is 11.9. The first kappa shape index (κ1) is 30.7. The number of rotatable bonds is 3. The first-order valence-electron chi connectivity index (χ1n) is 16.5. The zero-order chi connectivity index (χ0) is 33.5. The first-order chi connectivity index (χ1) is 22.1. The van der Waals surface area contributed by atoms with Crippen molar-refractivity contribution in [1.29, 1.82) is 0 Å². The third-order valence-corrected chi connectivity index (χ3v) is 9.31. The van der Waals surface area contributed by atoms with E-state index >= 15 is 0 Å². The van der Waals surface area contributed by atoms with Crippen LogP contribution in [-0.2, 0) is 16.2 Å². The molecule has 0 amide bonds. The van der Waals surface area contributed by atoms with E-state index < -0.39 is 0 Å². The summed E-state index contributed by atoms with van der Waals surface area (Å²) in [7, 11) is 0. The van der Waals surface area contributed by atoms with Gasteiger partial charge in [0.2, 0.25) is 5.78 Å². The molecule has 0 aliphatic carbocycles. The van der Waals surface area contributed by atoms with Gasteiger partial charge in [-0.05, 0) is 87.5 Å². The number of para-hydroxylation sites is 3. The van der Waals surface area contributed by atoms with E-state index in [1.807, 2.05) is 6.07 Å². The molecule has 4 aromatic carbocycles. The van der Waals surface area contributed by atoms with Crippen LogP contribution in [0.5, 0.6) is 5.75 Å². The van der Waals surface area contributed by atoms with Crippen molar-refractivity contribution < 1.29 is 5.11 Å². The van der Waals surface area contributed by atoms with Crippen molar-refractivity contribution in [2.24, 2.45) is 0 Å². The molecule has 0 atom stereocenters. The molecule has 7 aromatic rings. The van der Waals surface area contributed by atoms with Crippen molar-refractivity contribution in [1.82, 2.24) is 18.9 Å². The van der Waals surface area contributed by atoms with Crippen LogP contribution in [0.2, 0.25) is 0 Å². The second-order valence-electron chi connectivity index (χ2n) is 15.9. The van der Waals surface area contributed by atoms with Gasteiger partial charge in [0.05, 0.1) is 27.9 Å². The molecule has 0 saturated carbocycles. The Kier molecular flexibility index (Phi) is 6.91. The maximum atomic E-state index is 11.1. The molecule has 5 heteroatoms. The van der Waals surface area contributed by atoms with Crippen LogP contribution in [0.3, 0.4) is 0 Å². The Hall–Kier alpha value is -4.90. The lowest BCUT2D eigenvalue weighted by Gasteiger charge is -2.23. The molecule has 0 saturated heterocycles. The first-order valence-corrected chi connectivity index (χ1v) is 16.5. The lowest BCUT2D eigenvalue weighted by molar-refractivity contribution is 0.476. The van der Waals surface area contributed by atoms with Crippen LogP contribution in [0.4, 0.5) is 0 Å². The number of aromatic hydroxyl groups is 1. The number of imidazole rings is 2. The summed E-state index contributed by atoms with van der Waals surface area (Å²) >= 11 is 0. The van der Waals surface area contributed by atoms with Gasteiger partial charge in [0.1, 0.15) is 11.3 Å². The topological polar surface area (TPSA) is 55.4 Å². The van der Waals surface area contributed by atoms with E-state index in [-0.39, 0.29) is 22.0 Å². The molecule has 3 aromatic heterocycles. The molecule has 0 bridgehead atoms. The number of pyridine rings is 1. The number of fused-ring (bicyclic) bond motifs is 5. The van der Waals surface area contributed by atoms with Gasteiger partial charge in [0, 0.05) is 16.8 Å². The van der Waals surface area contributed by atoms with Crippen molar-refractivity contribution in [3.05, 3.63) is 114 Å². The van der Waals surface area contributed by atoms with E-state index in [2.05, 4.69) is 156 Å². The van der Waals surface area contributed by atoms with Gasteiger partial charge in [-0.3, -0.25) is 8.97 Å². The van der Waals surface area contributed by atoms with Crippen LogP contribution in [0, 0.1) is 0 Å². The monoisotopic (exact) mass is 620 g/mol. The molecule has 0 fully saturated rings. The Morgan fingerprint density at radius 1 is 0.511 bits per heavy atom. The highest BCUT2D eigenvalue weighted by Gasteiger charge is 2.24. The number of benzene rings is 4. The van der Waals surface area contributed by atoms with Gasteiger partial charge in [0.15, 0.2) is 0 Å². The normalized spacial score (nSPS) is 12.9. The maximum Gasteiger partial charge on any atom is 0.220 e. The summed E-state index contributed by atoms with van der Waals surface area (Å²) in [6.45, 7) is 20.0. The Morgan fingerprint density at radius 3 is 1.79 bits per heavy atom. The average Bonchev–Trinajstić information content (AvgIpc) is 3.54. The van der Waals surface area contributed by atoms with Gasteiger partial charge in [-0.2, -0.15) is 0 Å². The van der Waals surface area contributed by atoms with Crippen LogP contribution >= 0.6 is 0 Å². The summed E-state index contributed by atoms with van der Waals surface area (Å²) in [5, 5.41) is 11.1. The fourth-order valence-corrected chi connectivity index (χ4v) is 6.44. The molecule has 7 rings (SSSR count). The van der Waals surface area contributed by atoms with Gasteiger partial charge in [-0.15, -0.1) is 0 Å². The zero-order valence-electron chi connectivity index (χ0n) is 29.0. The third-order valence-electron chi connectivity index (χ3n) is 9.31. The second-order valence-corrected chi connectivity index (χ2v) is 15.9. The van der Waals surface area contributed by atoms with Crippen molar-refractivity contribution >= 4 is 27.8 Å². The number of phenols is 1. The average molecular weight is 621 g/mol. The minimum Gasteiger partial charge on any atom is -0.507 e. The fraction of sp³-hybridized carbons (Fsp3) is 0.286. The van der Waals surface area contributed by atoms with E-state index in [4.69, 9.17) is 9.97 Å². The standard InChI is InChI=1S/C42H44N4O/c1-40(2,3)26-14-12-15-29(22-26)45-34-17-10-11-18-35(34)46-36-19-13-16-30(38(36)44-39(45)46)32-24-28(42(7,8)9)25-33(43-32)31-23-27(41(4,5)6)20-21-37(31)47/h10-25,47H,1-9H3. The number of hydrogen-bond donors (Lipinski definition) is 1. The third kappa shape index (κ3) is 5.28. The second kappa shape index (κ2) is 10.6. The van der Waals surface area contributed by atoms with Crippen LogP contribution in [0.25, 0.3) is 56.0 Å². The summed E-state index contributed by atoms with van der Waals surface area (Å²) in [6, 6.07) is 33.9. The van der Waals surface area contributed by atoms with Crippen LogP contribution in [0.15, 0.2) is 97.1 Å². The molecule has 5 nitrogen and oxygen atoms in total. The van der Waals surface area contributed by atoms with E-state index in [1.54, 1.807) is 6.07 Å². The lowest BCUT2D eigenvalue weighted by atomic mass is 9.84. The van der Waals surface area contributed by atoms with Crippen molar-refractivity contribution in [3.63, 3.8) is 0 Å². The molecule has 47 heavy (non-hydrogen) atoms. The van der Waals surface area contributed by atoms with E-state index in [0.29, 0.717) is 0 Å². The van der Waals surface area contributed by atoms with Gasteiger partial charge < -0.3 is 5.11 Å². The number of phenolic OH excluding ortho intramolecular Hbond substituents is 1. The summed E-state index contributed by atoms with van der Waals surface area (Å²) in [4.78, 5) is 10.6. The van der Waals surface area contributed by atoms with Gasteiger partial charge in [-0.25, -0.2) is 9.97 Å². The summed E-state index contributed by atoms with van der Waals surface area (Å²) < 4.78 is 4.54. The number of aromatic nitrogens is 4.